The van der Waals surface area contributed by atoms with E-state index in [1.807, 2.05) is 24.3 Å². The fourth-order valence-electron chi connectivity index (χ4n) is 1.97. The summed E-state index contributed by atoms with van der Waals surface area (Å²) in [6, 6.07) is 7.80. The van der Waals surface area contributed by atoms with Crippen LogP contribution in [-0.2, 0) is 11.2 Å². The van der Waals surface area contributed by atoms with Crippen molar-refractivity contribution in [2.75, 3.05) is 0 Å². The van der Waals surface area contributed by atoms with Crippen molar-refractivity contribution < 1.29 is 9.90 Å². The molecule has 100 valence electrons. The molecule has 0 aliphatic carbocycles. The molecule has 0 aliphatic rings. The molecule has 0 radical (unpaired) electrons. The van der Waals surface area contributed by atoms with Crippen LogP contribution in [0.1, 0.15) is 12.2 Å². The third-order valence-corrected chi connectivity index (χ3v) is 3.43. The summed E-state index contributed by atoms with van der Waals surface area (Å²) < 4.78 is 0.991. The molecule has 1 aromatic carbocycles. The summed E-state index contributed by atoms with van der Waals surface area (Å²) >= 11 is 3.43. The lowest BCUT2D eigenvalue weighted by atomic mass is 10.2. The Kier molecular flexibility index (Phi) is 3.31. The fourth-order valence-corrected chi connectivity index (χ4v) is 2.35. The number of hydrogen-bond donors (Lipinski definition) is 1. The highest BCUT2D eigenvalue weighted by molar-refractivity contribution is 9.10. The number of aromatic nitrogens is 3. The first-order chi connectivity index (χ1) is 9.61. The van der Waals surface area contributed by atoms with E-state index in [1.54, 1.807) is 6.20 Å². The first-order valence-electron chi connectivity index (χ1n) is 6.05. The van der Waals surface area contributed by atoms with Crippen LogP contribution in [0.15, 0.2) is 34.9 Å². The predicted octanol–water partition coefficient (Wildman–Crippen LogP) is 2.96. The van der Waals surface area contributed by atoms with Gasteiger partial charge in [0, 0.05) is 27.9 Å². The van der Waals surface area contributed by atoms with Gasteiger partial charge in [-0.25, -0.2) is 15.0 Å². The average Bonchev–Trinajstić information content (AvgIpc) is 2.42. The maximum absolute atomic E-state index is 10.6. The minimum absolute atomic E-state index is 0.0199. The maximum atomic E-state index is 10.6. The lowest BCUT2D eigenvalue weighted by Gasteiger charge is -2.03. The second-order valence-electron chi connectivity index (χ2n) is 4.42. The summed E-state index contributed by atoms with van der Waals surface area (Å²) in [6.07, 6.45) is 2.02. The molecule has 5 nitrogen and oxygen atoms in total. The van der Waals surface area contributed by atoms with Gasteiger partial charge in [0.2, 0.25) is 0 Å². The number of aliphatic carboxylic acids is 1. The monoisotopic (exact) mass is 331 g/mol. The number of halogens is 1. The van der Waals surface area contributed by atoms with Crippen molar-refractivity contribution in [3.63, 3.8) is 0 Å². The molecule has 0 atom stereocenters. The lowest BCUT2D eigenvalue weighted by molar-refractivity contribution is -0.137. The van der Waals surface area contributed by atoms with Crippen LogP contribution >= 0.6 is 15.9 Å². The predicted molar refractivity (Wildman–Crippen MR) is 78.5 cm³/mol. The Labute approximate surface area is 122 Å². The molecule has 3 aromatic rings. The highest BCUT2D eigenvalue weighted by Gasteiger charge is 2.06. The number of nitrogens with zero attached hydrogens (tertiary/aromatic N) is 3. The Hall–Kier alpha value is -2.08. The minimum Gasteiger partial charge on any atom is -0.481 e. The van der Waals surface area contributed by atoms with E-state index in [-0.39, 0.29) is 6.42 Å². The van der Waals surface area contributed by atoms with Gasteiger partial charge in [-0.3, -0.25) is 4.79 Å². The topological polar surface area (TPSA) is 76.0 Å². The SMILES string of the molecule is O=C(O)CCc1ncc2cc3cc(Br)ccc3nc2n1. The van der Waals surface area contributed by atoms with Gasteiger partial charge in [-0.15, -0.1) is 0 Å². The van der Waals surface area contributed by atoms with Gasteiger partial charge < -0.3 is 5.11 Å². The van der Waals surface area contributed by atoms with Crippen LogP contribution in [0.2, 0.25) is 0 Å². The number of pyridine rings is 1. The van der Waals surface area contributed by atoms with E-state index in [1.165, 1.54) is 0 Å². The number of aryl methyl sites for hydroxylation is 1. The maximum Gasteiger partial charge on any atom is 0.303 e. The van der Waals surface area contributed by atoms with Crippen molar-refractivity contribution in [3.05, 3.63) is 40.8 Å². The molecule has 0 amide bonds. The van der Waals surface area contributed by atoms with E-state index in [0.29, 0.717) is 17.9 Å². The zero-order chi connectivity index (χ0) is 14.1. The van der Waals surface area contributed by atoms with Crippen molar-refractivity contribution in [1.82, 2.24) is 15.0 Å². The summed E-state index contributed by atoms with van der Waals surface area (Å²) in [5.74, 6) is -0.353. The van der Waals surface area contributed by atoms with Crippen LogP contribution < -0.4 is 0 Å². The molecule has 0 fully saturated rings. The number of carbonyl (C=O) groups is 1. The van der Waals surface area contributed by atoms with Crippen molar-refractivity contribution in [2.24, 2.45) is 0 Å². The van der Waals surface area contributed by atoms with Gasteiger partial charge in [0.25, 0.3) is 0 Å². The molecule has 0 bridgehead atoms. The molecule has 0 spiro atoms. The fraction of sp³-hybridized carbons (Fsp3) is 0.143. The Morgan fingerprint density at radius 1 is 1.20 bits per heavy atom. The quantitative estimate of drug-likeness (QED) is 0.746. The van der Waals surface area contributed by atoms with Crippen LogP contribution in [0.3, 0.4) is 0 Å². The number of benzene rings is 1. The Balaban J connectivity index is 2.07. The van der Waals surface area contributed by atoms with Gasteiger partial charge in [-0.1, -0.05) is 15.9 Å². The van der Waals surface area contributed by atoms with E-state index in [9.17, 15) is 4.79 Å². The first-order valence-corrected chi connectivity index (χ1v) is 6.85. The van der Waals surface area contributed by atoms with Crippen LogP contribution in [0.4, 0.5) is 0 Å². The van der Waals surface area contributed by atoms with Gasteiger partial charge in [-0.2, -0.15) is 0 Å². The molecule has 0 unspecified atom stereocenters. The van der Waals surface area contributed by atoms with Gasteiger partial charge in [-0.05, 0) is 24.3 Å². The Morgan fingerprint density at radius 3 is 2.85 bits per heavy atom. The molecule has 1 N–H and O–H groups in total. The molecule has 0 saturated carbocycles. The molecule has 6 heteroatoms. The third kappa shape index (κ3) is 2.60. The van der Waals surface area contributed by atoms with E-state index >= 15 is 0 Å². The van der Waals surface area contributed by atoms with Gasteiger partial charge in [0.1, 0.15) is 5.82 Å². The van der Waals surface area contributed by atoms with Crippen LogP contribution in [-0.4, -0.2) is 26.0 Å². The van der Waals surface area contributed by atoms with Gasteiger partial charge in [0.15, 0.2) is 5.65 Å². The number of rotatable bonds is 3. The molecule has 0 aliphatic heterocycles. The zero-order valence-corrected chi connectivity index (χ0v) is 12.0. The van der Waals surface area contributed by atoms with Crippen LogP contribution in [0, 0.1) is 0 Å². The van der Waals surface area contributed by atoms with Crippen molar-refractivity contribution >= 4 is 43.8 Å². The summed E-state index contributed by atoms with van der Waals surface area (Å²) in [4.78, 5) is 23.6. The van der Waals surface area contributed by atoms with Crippen LogP contribution in [0.5, 0.6) is 0 Å². The van der Waals surface area contributed by atoms with E-state index in [4.69, 9.17) is 5.11 Å². The van der Waals surface area contributed by atoms with E-state index in [2.05, 4.69) is 30.9 Å². The second kappa shape index (κ2) is 5.13. The molecule has 2 heterocycles. The van der Waals surface area contributed by atoms with Gasteiger partial charge >= 0.3 is 5.97 Å². The van der Waals surface area contributed by atoms with Crippen molar-refractivity contribution in [3.8, 4) is 0 Å². The average molecular weight is 332 g/mol. The Morgan fingerprint density at radius 2 is 2.05 bits per heavy atom. The molecule has 2 aromatic heterocycles. The normalized spacial score (nSPS) is 11.1. The van der Waals surface area contributed by atoms with E-state index < -0.39 is 5.97 Å². The number of fused-ring (bicyclic) bond motifs is 2. The largest absolute Gasteiger partial charge is 0.481 e. The molecular formula is C14H10BrN3O2. The van der Waals surface area contributed by atoms with E-state index in [0.717, 1.165) is 20.8 Å². The summed E-state index contributed by atoms with van der Waals surface area (Å²) in [5, 5.41) is 10.5. The first kappa shape index (κ1) is 12.9. The highest BCUT2D eigenvalue weighted by Crippen LogP contribution is 2.21. The summed E-state index contributed by atoms with van der Waals surface area (Å²) in [6.45, 7) is 0. The molecule has 20 heavy (non-hydrogen) atoms. The molecule has 0 saturated heterocycles. The minimum atomic E-state index is -0.856. The third-order valence-electron chi connectivity index (χ3n) is 2.94. The molecule has 3 rings (SSSR count). The summed E-state index contributed by atoms with van der Waals surface area (Å²) in [7, 11) is 0. The standard InChI is InChI=1S/C14H10BrN3O2/c15-10-1-2-11-8(6-10)5-9-7-16-12(3-4-13(19)20)18-14(9)17-11/h1-2,5-7H,3-4H2,(H,19,20). The summed E-state index contributed by atoms with van der Waals surface area (Å²) in [5.41, 5.74) is 1.44. The number of carboxylic acid groups (broad SMARTS) is 1. The lowest BCUT2D eigenvalue weighted by Crippen LogP contribution is -2.02. The second-order valence-corrected chi connectivity index (χ2v) is 5.33. The number of hydrogen-bond acceptors (Lipinski definition) is 4. The van der Waals surface area contributed by atoms with Crippen LogP contribution in [0.25, 0.3) is 21.9 Å². The van der Waals surface area contributed by atoms with Crippen molar-refractivity contribution in [1.29, 1.82) is 0 Å². The smallest absolute Gasteiger partial charge is 0.303 e. The number of carboxylic acids is 1. The molecular weight excluding hydrogens is 322 g/mol. The zero-order valence-electron chi connectivity index (χ0n) is 10.4. The van der Waals surface area contributed by atoms with Gasteiger partial charge in [0.05, 0.1) is 11.9 Å². The van der Waals surface area contributed by atoms with Crippen molar-refractivity contribution in [2.45, 2.75) is 12.8 Å². The highest BCUT2D eigenvalue weighted by atomic mass is 79.9. The Bertz CT molecular complexity index is 820.